The summed E-state index contributed by atoms with van der Waals surface area (Å²) in [6, 6.07) is 0. The van der Waals surface area contributed by atoms with E-state index in [0.29, 0.717) is 17.8 Å². The summed E-state index contributed by atoms with van der Waals surface area (Å²) in [5.74, 6) is 1.43. The maximum Gasteiger partial charge on any atom is 0.0647 e. The first-order valence-electron chi connectivity index (χ1n) is 6.96. The van der Waals surface area contributed by atoms with Crippen LogP contribution in [-0.2, 0) is 0 Å². The van der Waals surface area contributed by atoms with Crippen LogP contribution in [0.5, 0.6) is 0 Å². The Labute approximate surface area is 99.1 Å². The standard InChI is InChI=1S/C14H26O2/c1-3-14(2,16)12-8-4-7-11-10(12)6-5-9-13(11)15/h10-13,15-16H,3-9H2,1-2H3/t10?,11?,12-,13+,14?/m0/s1. The highest BCUT2D eigenvalue weighted by molar-refractivity contribution is 4.95. The highest BCUT2D eigenvalue weighted by Gasteiger charge is 2.45. The first kappa shape index (κ1) is 12.4. The van der Waals surface area contributed by atoms with E-state index in [1.165, 1.54) is 19.3 Å². The zero-order chi connectivity index (χ0) is 11.8. The van der Waals surface area contributed by atoms with E-state index in [1.807, 2.05) is 6.92 Å². The number of hydrogen-bond acceptors (Lipinski definition) is 2. The van der Waals surface area contributed by atoms with Crippen molar-refractivity contribution in [3.63, 3.8) is 0 Å². The zero-order valence-corrected chi connectivity index (χ0v) is 10.7. The van der Waals surface area contributed by atoms with E-state index in [1.54, 1.807) is 0 Å². The second-order valence-electron chi connectivity index (χ2n) is 6.07. The Balaban J connectivity index is 2.14. The Morgan fingerprint density at radius 3 is 2.38 bits per heavy atom. The quantitative estimate of drug-likeness (QED) is 0.760. The van der Waals surface area contributed by atoms with Gasteiger partial charge >= 0.3 is 0 Å². The summed E-state index contributed by atoms with van der Waals surface area (Å²) in [7, 11) is 0. The van der Waals surface area contributed by atoms with E-state index < -0.39 is 5.60 Å². The molecule has 0 aromatic carbocycles. The van der Waals surface area contributed by atoms with Crippen molar-refractivity contribution in [2.75, 3.05) is 0 Å². The van der Waals surface area contributed by atoms with E-state index in [9.17, 15) is 10.2 Å². The van der Waals surface area contributed by atoms with Crippen molar-refractivity contribution in [1.29, 1.82) is 0 Å². The van der Waals surface area contributed by atoms with Crippen LogP contribution in [-0.4, -0.2) is 21.9 Å². The van der Waals surface area contributed by atoms with Gasteiger partial charge in [-0.3, -0.25) is 0 Å². The topological polar surface area (TPSA) is 40.5 Å². The lowest BCUT2D eigenvalue weighted by molar-refractivity contribution is -0.0969. The van der Waals surface area contributed by atoms with E-state index in [2.05, 4.69) is 6.92 Å². The number of aliphatic hydroxyl groups excluding tert-OH is 1. The van der Waals surface area contributed by atoms with E-state index in [-0.39, 0.29) is 6.10 Å². The van der Waals surface area contributed by atoms with Crippen LogP contribution in [0.15, 0.2) is 0 Å². The Kier molecular flexibility index (Phi) is 3.60. The van der Waals surface area contributed by atoms with E-state index in [4.69, 9.17) is 0 Å². The van der Waals surface area contributed by atoms with Gasteiger partial charge in [-0.2, -0.15) is 0 Å². The first-order valence-corrected chi connectivity index (χ1v) is 6.96. The molecule has 16 heavy (non-hydrogen) atoms. The van der Waals surface area contributed by atoms with Crippen molar-refractivity contribution >= 4 is 0 Å². The molecule has 94 valence electrons. The third kappa shape index (κ3) is 2.14. The molecule has 0 aromatic rings. The molecule has 3 unspecified atom stereocenters. The van der Waals surface area contributed by atoms with Crippen LogP contribution in [0.2, 0.25) is 0 Å². The highest BCUT2D eigenvalue weighted by atomic mass is 16.3. The average Bonchev–Trinajstić information content (AvgIpc) is 2.29. The molecule has 2 N–H and O–H groups in total. The van der Waals surface area contributed by atoms with Gasteiger partial charge in [-0.05, 0) is 56.8 Å². The fraction of sp³-hybridized carbons (Fsp3) is 1.00. The van der Waals surface area contributed by atoms with Gasteiger partial charge in [-0.25, -0.2) is 0 Å². The summed E-state index contributed by atoms with van der Waals surface area (Å²) >= 11 is 0. The van der Waals surface area contributed by atoms with Crippen LogP contribution < -0.4 is 0 Å². The molecule has 2 saturated carbocycles. The van der Waals surface area contributed by atoms with Crippen molar-refractivity contribution in [3.8, 4) is 0 Å². The molecule has 2 nitrogen and oxygen atoms in total. The molecule has 0 aliphatic heterocycles. The van der Waals surface area contributed by atoms with Gasteiger partial charge in [0.2, 0.25) is 0 Å². The van der Waals surface area contributed by atoms with Crippen LogP contribution in [0.4, 0.5) is 0 Å². The summed E-state index contributed by atoms with van der Waals surface area (Å²) in [5, 5.41) is 20.6. The molecular formula is C14H26O2. The number of aliphatic hydroxyl groups is 2. The van der Waals surface area contributed by atoms with Gasteiger partial charge in [0.05, 0.1) is 11.7 Å². The van der Waals surface area contributed by atoms with Crippen molar-refractivity contribution < 1.29 is 10.2 Å². The molecule has 0 radical (unpaired) electrons. The summed E-state index contributed by atoms with van der Waals surface area (Å²) in [6.45, 7) is 4.06. The van der Waals surface area contributed by atoms with Gasteiger partial charge < -0.3 is 10.2 Å². The summed E-state index contributed by atoms with van der Waals surface area (Å²) in [6.07, 6.45) is 7.55. The molecule has 0 amide bonds. The zero-order valence-electron chi connectivity index (χ0n) is 10.7. The molecule has 2 fully saturated rings. The molecule has 2 aliphatic rings. The van der Waals surface area contributed by atoms with Gasteiger partial charge in [0.25, 0.3) is 0 Å². The SMILES string of the molecule is CCC(C)(O)[C@H]1CCCC2C1CCC[C@H]2O. The maximum atomic E-state index is 10.5. The lowest BCUT2D eigenvalue weighted by Gasteiger charge is -2.48. The smallest absolute Gasteiger partial charge is 0.0647 e. The fourth-order valence-corrected chi connectivity index (χ4v) is 4.00. The van der Waals surface area contributed by atoms with Crippen LogP contribution >= 0.6 is 0 Å². The Morgan fingerprint density at radius 1 is 1.06 bits per heavy atom. The normalized spacial score (nSPS) is 43.5. The molecule has 2 aliphatic carbocycles. The molecule has 0 saturated heterocycles. The molecule has 5 atom stereocenters. The average molecular weight is 226 g/mol. The molecular weight excluding hydrogens is 200 g/mol. The second-order valence-corrected chi connectivity index (χ2v) is 6.07. The third-order valence-corrected chi connectivity index (χ3v) is 5.17. The van der Waals surface area contributed by atoms with Crippen LogP contribution in [0.25, 0.3) is 0 Å². The molecule has 2 rings (SSSR count). The minimum Gasteiger partial charge on any atom is -0.393 e. The number of rotatable bonds is 2. The van der Waals surface area contributed by atoms with Crippen LogP contribution in [0, 0.1) is 17.8 Å². The fourth-order valence-electron chi connectivity index (χ4n) is 4.00. The largest absolute Gasteiger partial charge is 0.393 e. The molecule has 0 aromatic heterocycles. The Hall–Kier alpha value is -0.0800. The lowest BCUT2D eigenvalue weighted by Crippen LogP contribution is -2.48. The Morgan fingerprint density at radius 2 is 1.69 bits per heavy atom. The van der Waals surface area contributed by atoms with Crippen LogP contribution in [0.1, 0.15) is 58.8 Å². The minimum atomic E-state index is -0.527. The predicted molar refractivity (Wildman–Crippen MR) is 65.1 cm³/mol. The van der Waals surface area contributed by atoms with Crippen molar-refractivity contribution in [2.45, 2.75) is 70.5 Å². The van der Waals surface area contributed by atoms with Crippen molar-refractivity contribution in [3.05, 3.63) is 0 Å². The predicted octanol–water partition coefficient (Wildman–Crippen LogP) is 2.72. The van der Waals surface area contributed by atoms with Gasteiger partial charge in [0.1, 0.15) is 0 Å². The second kappa shape index (κ2) is 4.66. The number of fused-ring (bicyclic) bond motifs is 1. The molecule has 0 spiro atoms. The van der Waals surface area contributed by atoms with Gasteiger partial charge in [-0.1, -0.05) is 19.8 Å². The van der Waals surface area contributed by atoms with Gasteiger partial charge in [-0.15, -0.1) is 0 Å². The van der Waals surface area contributed by atoms with Gasteiger partial charge in [0, 0.05) is 0 Å². The molecule has 2 heteroatoms. The first-order chi connectivity index (χ1) is 7.56. The highest BCUT2D eigenvalue weighted by Crippen LogP contribution is 2.48. The Bertz CT molecular complexity index is 237. The summed E-state index contributed by atoms with van der Waals surface area (Å²) in [5.41, 5.74) is -0.527. The summed E-state index contributed by atoms with van der Waals surface area (Å²) in [4.78, 5) is 0. The lowest BCUT2D eigenvalue weighted by atomic mass is 9.60. The maximum absolute atomic E-state index is 10.5. The van der Waals surface area contributed by atoms with Crippen LogP contribution in [0.3, 0.4) is 0 Å². The van der Waals surface area contributed by atoms with E-state index >= 15 is 0 Å². The summed E-state index contributed by atoms with van der Waals surface area (Å²) < 4.78 is 0. The minimum absolute atomic E-state index is 0.103. The van der Waals surface area contributed by atoms with Crippen molar-refractivity contribution in [2.24, 2.45) is 17.8 Å². The third-order valence-electron chi connectivity index (χ3n) is 5.17. The van der Waals surface area contributed by atoms with Gasteiger partial charge in [0.15, 0.2) is 0 Å². The monoisotopic (exact) mass is 226 g/mol. The van der Waals surface area contributed by atoms with E-state index in [0.717, 1.165) is 25.7 Å². The van der Waals surface area contributed by atoms with Crippen molar-refractivity contribution in [1.82, 2.24) is 0 Å². The number of hydrogen-bond donors (Lipinski definition) is 2. The molecule has 0 bridgehead atoms. The molecule has 0 heterocycles.